The minimum atomic E-state index is 1.17. The molecule has 0 aliphatic heterocycles. The third-order valence-electron chi connectivity index (χ3n) is 8.40. The normalized spacial score (nSPS) is 11.5. The van der Waals surface area contributed by atoms with E-state index in [2.05, 4.69) is 169 Å². The topological polar surface area (TPSA) is 4.93 Å². The molecule has 8 aromatic rings. The van der Waals surface area contributed by atoms with Crippen LogP contribution in [0.3, 0.4) is 0 Å². The van der Waals surface area contributed by atoms with Gasteiger partial charge in [-0.3, -0.25) is 0 Å². The summed E-state index contributed by atoms with van der Waals surface area (Å²) in [7, 11) is 0. The molecule has 0 radical (unpaired) electrons. The summed E-state index contributed by atoms with van der Waals surface area (Å²) in [6.45, 7) is 2.19. The van der Waals surface area contributed by atoms with Crippen LogP contribution >= 0.6 is 0 Å². The van der Waals surface area contributed by atoms with E-state index in [0.29, 0.717) is 0 Å². The van der Waals surface area contributed by atoms with E-state index in [0.717, 1.165) is 0 Å². The Morgan fingerprint density at radius 3 is 1.88 bits per heavy atom. The first-order valence-corrected chi connectivity index (χ1v) is 14.5. The van der Waals surface area contributed by atoms with Crippen molar-refractivity contribution in [2.45, 2.75) is 6.92 Å². The lowest BCUT2D eigenvalue weighted by Crippen LogP contribution is -1.94. The zero-order valence-electron chi connectivity index (χ0n) is 23.5. The number of aryl methyl sites for hydroxylation is 1. The van der Waals surface area contributed by atoms with Gasteiger partial charge in [-0.05, 0) is 87.0 Å². The highest BCUT2D eigenvalue weighted by Crippen LogP contribution is 2.41. The van der Waals surface area contributed by atoms with Gasteiger partial charge in [0.05, 0.1) is 11.0 Å². The van der Waals surface area contributed by atoms with E-state index < -0.39 is 0 Å². The van der Waals surface area contributed by atoms with E-state index in [1.807, 2.05) is 0 Å². The van der Waals surface area contributed by atoms with Gasteiger partial charge in [0.15, 0.2) is 0 Å². The molecular weight excluding hydrogens is 506 g/mol. The first-order valence-electron chi connectivity index (χ1n) is 14.5. The molecule has 1 aromatic heterocycles. The summed E-state index contributed by atoms with van der Waals surface area (Å²) in [4.78, 5) is 0. The Kier molecular flexibility index (Phi) is 5.75. The lowest BCUT2D eigenvalue weighted by Gasteiger charge is -2.14. The SMILES string of the molecule is Cc1cc(-c2ccccc2)cc(-c2ccccc2-c2ccc3c4c5ccccc5ccc4n(-c4ccccc4)c3c2)c1. The molecule has 0 fully saturated rings. The van der Waals surface area contributed by atoms with Gasteiger partial charge in [-0.1, -0.05) is 127 Å². The van der Waals surface area contributed by atoms with Crippen LogP contribution in [0.15, 0.2) is 158 Å². The molecule has 0 N–H and O–H groups in total. The first-order chi connectivity index (χ1) is 20.7. The van der Waals surface area contributed by atoms with Crippen LogP contribution in [0.2, 0.25) is 0 Å². The monoisotopic (exact) mass is 535 g/mol. The van der Waals surface area contributed by atoms with Crippen LogP contribution in [-0.2, 0) is 0 Å². The lowest BCUT2D eigenvalue weighted by atomic mass is 9.91. The van der Waals surface area contributed by atoms with Crippen molar-refractivity contribution in [3.05, 3.63) is 163 Å². The molecule has 0 bridgehead atoms. The molecule has 8 rings (SSSR count). The molecule has 1 heteroatoms. The average molecular weight is 536 g/mol. The van der Waals surface area contributed by atoms with Gasteiger partial charge in [0.1, 0.15) is 0 Å². The molecule has 1 nitrogen and oxygen atoms in total. The highest BCUT2D eigenvalue weighted by atomic mass is 15.0. The predicted molar refractivity (Wildman–Crippen MR) is 179 cm³/mol. The number of para-hydroxylation sites is 1. The second kappa shape index (κ2) is 9.90. The van der Waals surface area contributed by atoms with Crippen LogP contribution in [0.5, 0.6) is 0 Å². The summed E-state index contributed by atoms with van der Waals surface area (Å²) >= 11 is 0. The summed E-state index contributed by atoms with van der Waals surface area (Å²) < 4.78 is 2.42. The van der Waals surface area contributed by atoms with E-state index in [1.54, 1.807) is 0 Å². The van der Waals surface area contributed by atoms with Crippen LogP contribution in [-0.4, -0.2) is 4.57 Å². The van der Waals surface area contributed by atoms with Crippen LogP contribution in [0, 0.1) is 6.92 Å². The molecule has 0 aliphatic carbocycles. The summed E-state index contributed by atoms with van der Waals surface area (Å²) in [6.07, 6.45) is 0. The van der Waals surface area contributed by atoms with Crippen molar-refractivity contribution in [3.8, 4) is 39.1 Å². The Labute approximate surface area is 245 Å². The fraction of sp³-hybridized carbons (Fsp3) is 0.0244. The highest BCUT2D eigenvalue weighted by Gasteiger charge is 2.17. The van der Waals surface area contributed by atoms with Crippen molar-refractivity contribution in [1.82, 2.24) is 4.57 Å². The van der Waals surface area contributed by atoms with Crippen LogP contribution in [0.4, 0.5) is 0 Å². The minimum absolute atomic E-state index is 1.17. The van der Waals surface area contributed by atoms with Gasteiger partial charge in [0.2, 0.25) is 0 Å². The third kappa shape index (κ3) is 4.02. The molecule has 0 atom stereocenters. The second-order valence-electron chi connectivity index (χ2n) is 11.1. The summed E-state index contributed by atoms with van der Waals surface area (Å²) in [5.74, 6) is 0. The van der Waals surface area contributed by atoms with E-state index in [4.69, 9.17) is 0 Å². The van der Waals surface area contributed by atoms with Crippen molar-refractivity contribution in [2.75, 3.05) is 0 Å². The van der Waals surface area contributed by atoms with Gasteiger partial charge in [-0.25, -0.2) is 0 Å². The second-order valence-corrected chi connectivity index (χ2v) is 11.1. The number of fused-ring (bicyclic) bond motifs is 5. The minimum Gasteiger partial charge on any atom is -0.309 e. The van der Waals surface area contributed by atoms with Gasteiger partial charge in [0.25, 0.3) is 0 Å². The molecular formula is C41H29N. The van der Waals surface area contributed by atoms with E-state index in [9.17, 15) is 0 Å². The standard InChI is InChI=1S/C41H29N/c1-28-24-32(29-12-4-2-5-13-29)26-33(25-28)36-18-11-10-17-35(36)31-20-22-38-40(27-31)42(34-15-6-3-7-16-34)39-23-21-30-14-8-9-19-37(30)41(38)39/h2-27H,1H3. The number of aromatic nitrogens is 1. The van der Waals surface area contributed by atoms with Crippen LogP contribution in [0.1, 0.15) is 5.56 Å². The number of rotatable bonds is 4. The molecule has 0 saturated heterocycles. The highest BCUT2D eigenvalue weighted by molar-refractivity contribution is 6.21. The molecule has 7 aromatic carbocycles. The maximum atomic E-state index is 2.42. The summed E-state index contributed by atoms with van der Waals surface area (Å²) in [6, 6.07) is 57.3. The van der Waals surface area contributed by atoms with Crippen molar-refractivity contribution < 1.29 is 0 Å². The van der Waals surface area contributed by atoms with Crippen LogP contribution in [0.25, 0.3) is 71.6 Å². The van der Waals surface area contributed by atoms with Gasteiger partial charge in [0, 0.05) is 16.5 Å². The van der Waals surface area contributed by atoms with E-state index >= 15 is 0 Å². The number of nitrogens with zero attached hydrogens (tertiary/aromatic N) is 1. The zero-order valence-corrected chi connectivity index (χ0v) is 23.5. The maximum Gasteiger partial charge on any atom is 0.0547 e. The van der Waals surface area contributed by atoms with E-state index in [-0.39, 0.29) is 0 Å². The number of hydrogen-bond acceptors (Lipinski definition) is 0. The molecule has 0 aliphatic rings. The smallest absolute Gasteiger partial charge is 0.0547 e. The Bertz CT molecular complexity index is 2240. The summed E-state index contributed by atoms with van der Waals surface area (Å²) in [5, 5.41) is 5.13. The maximum absolute atomic E-state index is 2.42. The Balaban J connectivity index is 1.38. The van der Waals surface area contributed by atoms with Crippen molar-refractivity contribution >= 4 is 32.6 Å². The van der Waals surface area contributed by atoms with Gasteiger partial charge in [-0.15, -0.1) is 0 Å². The molecule has 0 spiro atoms. The fourth-order valence-corrected chi connectivity index (χ4v) is 6.53. The van der Waals surface area contributed by atoms with Gasteiger partial charge >= 0.3 is 0 Å². The van der Waals surface area contributed by atoms with Crippen molar-refractivity contribution in [2.24, 2.45) is 0 Å². The predicted octanol–water partition coefficient (Wildman–Crippen LogP) is 11.2. The first kappa shape index (κ1) is 24.4. The Morgan fingerprint density at radius 1 is 0.405 bits per heavy atom. The Morgan fingerprint density at radius 2 is 1.07 bits per heavy atom. The summed E-state index contributed by atoms with van der Waals surface area (Å²) in [5.41, 5.74) is 12.3. The number of benzene rings is 7. The molecule has 0 amide bonds. The largest absolute Gasteiger partial charge is 0.309 e. The third-order valence-corrected chi connectivity index (χ3v) is 8.40. The average Bonchev–Trinajstić information content (AvgIpc) is 3.39. The Hall–Kier alpha value is -5.40. The number of hydrogen-bond donors (Lipinski definition) is 0. The van der Waals surface area contributed by atoms with Crippen molar-refractivity contribution in [1.29, 1.82) is 0 Å². The fourth-order valence-electron chi connectivity index (χ4n) is 6.53. The van der Waals surface area contributed by atoms with Crippen LogP contribution < -0.4 is 0 Å². The van der Waals surface area contributed by atoms with E-state index in [1.165, 1.54) is 77.2 Å². The quantitative estimate of drug-likeness (QED) is 0.211. The zero-order chi connectivity index (χ0) is 28.0. The molecule has 42 heavy (non-hydrogen) atoms. The lowest BCUT2D eigenvalue weighted by molar-refractivity contribution is 1.18. The van der Waals surface area contributed by atoms with Crippen molar-refractivity contribution in [3.63, 3.8) is 0 Å². The molecule has 198 valence electrons. The van der Waals surface area contributed by atoms with Gasteiger partial charge in [-0.2, -0.15) is 0 Å². The molecule has 1 heterocycles. The van der Waals surface area contributed by atoms with Gasteiger partial charge < -0.3 is 4.57 Å². The molecule has 0 saturated carbocycles. The molecule has 0 unspecified atom stereocenters.